The van der Waals surface area contributed by atoms with Crippen LogP contribution in [-0.2, 0) is 11.3 Å². The average molecular weight is 330 g/mol. The van der Waals surface area contributed by atoms with Gasteiger partial charge in [-0.3, -0.25) is 9.59 Å². The third-order valence-electron chi connectivity index (χ3n) is 2.92. The number of nitrogens with one attached hydrogen (secondary N) is 1. The molecule has 0 saturated carbocycles. The Morgan fingerprint density at radius 1 is 1.47 bits per heavy atom. The van der Waals surface area contributed by atoms with E-state index in [1.54, 1.807) is 19.9 Å². The summed E-state index contributed by atoms with van der Waals surface area (Å²) in [6.45, 7) is 6.45. The number of aryl methyl sites for hydroxylation is 1. The first kappa shape index (κ1) is 15.8. The van der Waals surface area contributed by atoms with Gasteiger partial charge < -0.3 is 15.6 Å². The molecule has 0 unspecified atom stereocenters. The largest absolute Gasteiger partial charge is 0.369 e. The van der Waals surface area contributed by atoms with Crippen molar-refractivity contribution in [1.82, 2.24) is 9.88 Å². The Balaban J connectivity index is 2.76. The Bertz CT molecular complexity index is 480. The van der Waals surface area contributed by atoms with E-state index in [9.17, 15) is 9.59 Å². The third-order valence-corrected chi connectivity index (χ3v) is 3.35. The predicted octanol–water partition coefficient (Wildman–Crippen LogP) is 1.90. The molecule has 1 aromatic rings. The molecule has 2 amide bonds. The SMILES string of the molecule is CCCn1cc(Br)cc1C(=O)NCC(C)(C)C(N)=O. The number of rotatable bonds is 6. The molecule has 0 saturated heterocycles. The van der Waals surface area contributed by atoms with Crippen LogP contribution in [0.4, 0.5) is 0 Å². The number of hydrogen-bond donors (Lipinski definition) is 2. The number of amides is 2. The molecular formula is C13H20BrN3O2. The van der Waals surface area contributed by atoms with Crippen molar-refractivity contribution in [2.24, 2.45) is 11.1 Å². The molecule has 1 rings (SSSR count). The minimum Gasteiger partial charge on any atom is -0.369 e. The number of carbonyl (C=O) groups excluding carboxylic acids is 2. The lowest BCUT2D eigenvalue weighted by atomic mass is 9.93. The van der Waals surface area contributed by atoms with E-state index in [0.717, 1.165) is 17.4 Å². The molecule has 19 heavy (non-hydrogen) atoms. The van der Waals surface area contributed by atoms with Gasteiger partial charge in [-0.05, 0) is 42.3 Å². The molecule has 106 valence electrons. The molecule has 0 fully saturated rings. The number of carbonyl (C=O) groups is 2. The number of hydrogen-bond acceptors (Lipinski definition) is 2. The Morgan fingerprint density at radius 3 is 2.63 bits per heavy atom. The van der Waals surface area contributed by atoms with E-state index in [4.69, 9.17) is 5.73 Å². The molecule has 1 aromatic heterocycles. The van der Waals surface area contributed by atoms with Gasteiger partial charge >= 0.3 is 0 Å². The maximum absolute atomic E-state index is 12.1. The maximum Gasteiger partial charge on any atom is 0.267 e. The molecule has 0 spiro atoms. The molecule has 5 nitrogen and oxygen atoms in total. The van der Waals surface area contributed by atoms with Crippen molar-refractivity contribution in [3.05, 3.63) is 22.4 Å². The van der Waals surface area contributed by atoms with E-state index in [1.165, 1.54) is 0 Å². The fourth-order valence-electron chi connectivity index (χ4n) is 1.57. The van der Waals surface area contributed by atoms with Crippen LogP contribution in [0.5, 0.6) is 0 Å². The standard InChI is InChI=1S/C13H20BrN3O2/c1-4-5-17-7-9(14)6-10(17)11(18)16-8-13(2,3)12(15)19/h6-7H,4-5,8H2,1-3H3,(H2,15,19)(H,16,18). The zero-order chi connectivity index (χ0) is 14.6. The summed E-state index contributed by atoms with van der Waals surface area (Å²) in [7, 11) is 0. The van der Waals surface area contributed by atoms with E-state index in [-0.39, 0.29) is 12.5 Å². The Kier molecular flexibility index (Phi) is 5.17. The van der Waals surface area contributed by atoms with Crippen molar-refractivity contribution in [2.75, 3.05) is 6.54 Å². The second-order valence-corrected chi connectivity index (χ2v) is 6.08. The van der Waals surface area contributed by atoms with Crippen LogP contribution >= 0.6 is 15.9 Å². The molecule has 6 heteroatoms. The molecule has 3 N–H and O–H groups in total. The van der Waals surface area contributed by atoms with Crippen LogP contribution in [0.2, 0.25) is 0 Å². The van der Waals surface area contributed by atoms with Gasteiger partial charge in [0.1, 0.15) is 5.69 Å². The van der Waals surface area contributed by atoms with Crippen LogP contribution < -0.4 is 11.1 Å². The second-order valence-electron chi connectivity index (χ2n) is 5.17. The smallest absolute Gasteiger partial charge is 0.267 e. The first-order valence-corrected chi connectivity index (χ1v) is 7.01. The Labute approximate surface area is 121 Å². The van der Waals surface area contributed by atoms with Gasteiger partial charge in [-0.15, -0.1) is 0 Å². The zero-order valence-corrected chi connectivity index (χ0v) is 13.1. The van der Waals surface area contributed by atoms with E-state index in [0.29, 0.717) is 5.69 Å². The van der Waals surface area contributed by atoms with E-state index < -0.39 is 11.3 Å². The highest BCUT2D eigenvalue weighted by Crippen LogP contribution is 2.17. The van der Waals surface area contributed by atoms with Gasteiger partial charge in [-0.1, -0.05) is 6.92 Å². The van der Waals surface area contributed by atoms with Crippen LogP contribution in [-0.4, -0.2) is 22.9 Å². The minimum absolute atomic E-state index is 0.200. The number of primary amides is 1. The number of nitrogens with zero attached hydrogens (tertiary/aromatic N) is 1. The first-order chi connectivity index (χ1) is 8.77. The molecular weight excluding hydrogens is 310 g/mol. The number of aromatic nitrogens is 1. The van der Waals surface area contributed by atoms with Crippen molar-refractivity contribution in [3.63, 3.8) is 0 Å². The third kappa shape index (κ3) is 4.09. The van der Waals surface area contributed by atoms with Gasteiger partial charge in [0.25, 0.3) is 5.91 Å². The molecule has 0 aliphatic carbocycles. The Hall–Kier alpha value is -1.30. The summed E-state index contributed by atoms with van der Waals surface area (Å²) in [6, 6.07) is 1.77. The molecule has 0 aromatic carbocycles. The number of nitrogens with two attached hydrogens (primary N) is 1. The highest BCUT2D eigenvalue weighted by molar-refractivity contribution is 9.10. The van der Waals surface area contributed by atoms with E-state index in [1.807, 2.05) is 17.7 Å². The fraction of sp³-hybridized carbons (Fsp3) is 0.538. The summed E-state index contributed by atoms with van der Waals surface area (Å²) in [5, 5.41) is 2.75. The first-order valence-electron chi connectivity index (χ1n) is 6.21. The molecule has 1 heterocycles. The van der Waals surface area contributed by atoms with E-state index in [2.05, 4.69) is 21.2 Å². The van der Waals surface area contributed by atoms with Gasteiger partial charge in [0, 0.05) is 23.8 Å². The van der Waals surface area contributed by atoms with Crippen molar-refractivity contribution < 1.29 is 9.59 Å². The van der Waals surface area contributed by atoms with Crippen LogP contribution in [0.25, 0.3) is 0 Å². The lowest BCUT2D eigenvalue weighted by molar-refractivity contribution is -0.125. The average Bonchev–Trinajstić information content (AvgIpc) is 2.68. The van der Waals surface area contributed by atoms with Crippen molar-refractivity contribution >= 4 is 27.7 Å². The Morgan fingerprint density at radius 2 is 2.11 bits per heavy atom. The summed E-state index contributed by atoms with van der Waals surface area (Å²) in [6.07, 6.45) is 2.81. The van der Waals surface area contributed by atoms with Gasteiger partial charge in [0.2, 0.25) is 5.91 Å². The van der Waals surface area contributed by atoms with E-state index >= 15 is 0 Å². The van der Waals surface area contributed by atoms with Gasteiger partial charge in [0.05, 0.1) is 5.41 Å². The van der Waals surface area contributed by atoms with Gasteiger partial charge in [0.15, 0.2) is 0 Å². The normalized spacial score (nSPS) is 11.4. The molecule has 0 radical (unpaired) electrons. The van der Waals surface area contributed by atoms with Crippen LogP contribution in [0.1, 0.15) is 37.7 Å². The van der Waals surface area contributed by atoms with Gasteiger partial charge in [-0.25, -0.2) is 0 Å². The highest BCUT2D eigenvalue weighted by atomic mass is 79.9. The second kappa shape index (κ2) is 6.23. The monoisotopic (exact) mass is 329 g/mol. The van der Waals surface area contributed by atoms with Crippen LogP contribution in [0.3, 0.4) is 0 Å². The van der Waals surface area contributed by atoms with Crippen molar-refractivity contribution in [2.45, 2.75) is 33.7 Å². The summed E-state index contributed by atoms with van der Waals surface area (Å²) in [4.78, 5) is 23.3. The van der Waals surface area contributed by atoms with Crippen molar-refractivity contribution in [1.29, 1.82) is 0 Å². The number of halogens is 1. The van der Waals surface area contributed by atoms with Crippen LogP contribution in [0.15, 0.2) is 16.7 Å². The highest BCUT2D eigenvalue weighted by Gasteiger charge is 2.26. The van der Waals surface area contributed by atoms with Gasteiger partial charge in [-0.2, -0.15) is 0 Å². The maximum atomic E-state index is 12.1. The summed E-state index contributed by atoms with van der Waals surface area (Å²) >= 11 is 3.36. The minimum atomic E-state index is -0.755. The topological polar surface area (TPSA) is 77.1 Å². The lowest BCUT2D eigenvalue weighted by Crippen LogP contribution is -2.42. The summed E-state index contributed by atoms with van der Waals surface area (Å²) in [5.74, 6) is -0.633. The van der Waals surface area contributed by atoms with Crippen LogP contribution in [0, 0.1) is 5.41 Å². The summed E-state index contributed by atoms with van der Waals surface area (Å²) in [5.41, 5.74) is 5.10. The predicted molar refractivity (Wildman–Crippen MR) is 77.7 cm³/mol. The molecule has 0 aliphatic rings. The molecule has 0 bridgehead atoms. The molecule has 0 atom stereocenters. The molecule has 0 aliphatic heterocycles. The fourth-order valence-corrected chi connectivity index (χ4v) is 2.03. The summed E-state index contributed by atoms with van der Waals surface area (Å²) < 4.78 is 2.75. The zero-order valence-electron chi connectivity index (χ0n) is 11.5. The quantitative estimate of drug-likeness (QED) is 0.836. The van der Waals surface area contributed by atoms with Crippen molar-refractivity contribution in [3.8, 4) is 0 Å². The lowest BCUT2D eigenvalue weighted by Gasteiger charge is -2.20.